The number of carbonyl (C=O) groups is 1. The van der Waals surface area contributed by atoms with Gasteiger partial charge < -0.3 is 19.5 Å². The van der Waals surface area contributed by atoms with Crippen LogP contribution in [0.25, 0.3) is 11.1 Å². The van der Waals surface area contributed by atoms with E-state index in [1.165, 1.54) is 12.7 Å². The second-order valence-electron chi connectivity index (χ2n) is 7.27. The number of rotatable bonds is 8. The number of benzene rings is 2. The number of aliphatic hydroxyl groups is 1. The molecule has 0 saturated heterocycles. The van der Waals surface area contributed by atoms with E-state index in [2.05, 4.69) is 0 Å². The van der Waals surface area contributed by atoms with E-state index >= 15 is 0 Å². The molecular weight excluding hydrogens is 389 g/mol. The molecule has 0 fully saturated rings. The van der Waals surface area contributed by atoms with Gasteiger partial charge in [0, 0.05) is 19.1 Å². The molecule has 0 saturated carbocycles. The molecule has 0 bridgehead atoms. The third-order valence-corrected chi connectivity index (χ3v) is 6.27. The fourth-order valence-corrected chi connectivity index (χ4v) is 4.55. The summed E-state index contributed by atoms with van der Waals surface area (Å²) in [6, 6.07) is 8.79. The summed E-state index contributed by atoms with van der Waals surface area (Å²) in [6.07, 6.45) is -2.15. The molecule has 8 heteroatoms. The van der Waals surface area contributed by atoms with E-state index in [-0.39, 0.29) is 37.4 Å². The van der Waals surface area contributed by atoms with Crippen molar-refractivity contribution in [2.24, 2.45) is 0 Å². The zero-order valence-electron chi connectivity index (χ0n) is 17.5. The van der Waals surface area contributed by atoms with Crippen LogP contribution in [0.1, 0.15) is 28.7 Å². The summed E-state index contributed by atoms with van der Waals surface area (Å²) in [5.74, 6) is -1.69. The maximum absolute atomic E-state index is 13.7. The molecule has 29 heavy (non-hydrogen) atoms. The minimum Gasteiger partial charge on any atom is -0.550 e. The molecule has 2 aromatic rings. The molecule has 0 heterocycles. The smallest absolute Gasteiger partial charge is 0.550 e. The van der Waals surface area contributed by atoms with Crippen LogP contribution in [0.3, 0.4) is 0 Å². The van der Waals surface area contributed by atoms with Crippen LogP contribution in [0.5, 0.6) is 0 Å². The molecular formula is C21H25FLiO5P. The van der Waals surface area contributed by atoms with Gasteiger partial charge in [0.15, 0.2) is 0 Å². The number of hydrogen-bond acceptors (Lipinski definition) is 5. The van der Waals surface area contributed by atoms with Gasteiger partial charge >= 0.3 is 18.9 Å². The van der Waals surface area contributed by atoms with E-state index in [1.54, 1.807) is 19.1 Å². The first-order valence-corrected chi connectivity index (χ1v) is 11.2. The van der Waals surface area contributed by atoms with Crippen molar-refractivity contribution >= 4 is 13.3 Å². The summed E-state index contributed by atoms with van der Waals surface area (Å²) in [4.78, 5) is 10.6. The van der Waals surface area contributed by atoms with Crippen molar-refractivity contribution in [2.45, 2.75) is 39.9 Å². The second-order valence-corrected chi connectivity index (χ2v) is 9.92. The minimum atomic E-state index is -3.23. The predicted molar refractivity (Wildman–Crippen MR) is 105 cm³/mol. The van der Waals surface area contributed by atoms with Crippen LogP contribution in [0.2, 0.25) is 0 Å². The standard InChI is InChI=1S/C21H26FO5P.Li/c1-13-7-14(2)19(11-27-28(4,26)12-17(23)10-21(24)25)18(8-13)16-5-6-20(22)15(3)9-16;/h5-9,17,23H,10-12H2,1-4H3,(H,24,25);/q;+1/p-1/t17-,28?;/m0./s1. The fraction of sp³-hybridized carbons (Fsp3) is 0.381. The van der Waals surface area contributed by atoms with Gasteiger partial charge in [-0.2, -0.15) is 0 Å². The van der Waals surface area contributed by atoms with Crippen LogP contribution in [0, 0.1) is 26.6 Å². The minimum absolute atomic E-state index is 0. The molecule has 2 aromatic carbocycles. The number of carbonyl (C=O) groups excluding carboxylic acids is 1. The number of hydrogen-bond donors (Lipinski definition) is 1. The molecule has 0 amide bonds. The molecule has 1 unspecified atom stereocenters. The number of halogens is 1. The van der Waals surface area contributed by atoms with Gasteiger partial charge in [0.1, 0.15) is 5.82 Å². The van der Waals surface area contributed by atoms with E-state index in [0.717, 1.165) is 27.8 Å². The number of aryl methyl sites for hydroxylation is 3. The molecule has 2 atom stereocenters. The SMILES string of the molecule is Cc1cc(C)c(COP(C)(=O)C[C@@H](O)CC(=O)[O-])c(-c2ccc(F)c(C)c2)c1.[Li+]. The predicted octanol–water partition coefficient (Wildman–Crippen LogP) is 0.347. The summed E-state index contributed by atoms with van der Waals surface area (Å²) >= 11 is 0. The van der Waals surface area contributed by atoms with Crippen LogP contribution in [0.15, 0.2) is 30.3 Å². The van der Waals surface area contributed by atoms with Crippen LogP contribution in [-0.4, -0.2) is 30.0 Å². The Kier molecular flexibility index (Phi) is 9.34. The van der Waals surface area contributed by atoms with Gasteiger partial charge in [-0.3, -0.25) is 4.57 Å². The third kappa shape index (κ3) is 7.41. The molecule has 5 nitrogen and oxygen atoms in total. The number of aliphatic carboxylic acids is 1. The zero-order chi connectivity index (χ0) is 21.1. The Morgan fingerprint density at radius 2 is 1.86 bits per heavy atom. The maximum atomic E-state index is 13.7. The summed E-state index contributed by atoms with van der Waals surface area (Å²) in [5.41, 5.74) is 4.99. The number of carboxylic acid groups (broad SMARTS) is 1. The normalized spacial score (nSPS) is 14.0. The molecule has 2 rings (SSSR count). The Morgan fingerprint density at radius 3 is 2.45 bits per heavy atom. The van der Waals surface area contributed by atoms with Crippen molar-refractivity contribution in [3.05, 3.63) is 58.4 Å². The van der Waals surface area contributed by atoms with E-state index in [4.69, 9.17) is 4.52 Å². The fourth-order valence-electron chi connectivity index (χ4n) is 3.15. The van der Waals surface area contributed by atoms with Gasteiger partial charge in [-0.25, -0.2) is 4.39 Å². The quantitative estimate of drug-likeness (QED) is 0.498. The van der Waals surface area contributed by atoms with Crippen LogP contribution in [0.4, 0.5) is 4.39 Å². The van der Waals surface area contributed by atoms with Gasteiger partial charge in [-0.1, -0.05) is 23.8 Å². The first kappa shape index (κ1) is 25.6. The van der Waals surface area contributed by atoms with Crippen LogP contribution in [-0.2, 0) is 20.5 Å². The van der Waals surface area contributed by atoms with Gasteiger partial charge in [0.25, 0.3) is 0 Å². The van der Waals surface area contributed by atoms with Crippen LogP contribution >= 0.6 is 7.37 Å². The van der Waals surface area contributed by atoms with Crippen molar-refractivity contribution in [3.63, 3.8) is 0 Å². The molecule has 0 radical (unpaired) electrons. The summed E-state index contributed by atoms with van der Waals surface area (Å²) in [7, 11) is -3.23. The molecule has 0 aliphatic carbocycles. The average Bonchev–Trinajstić information content (AvgIpc) is 2.54. The van der Waals surface area contributed by atoms with Crippen molar-refractivity contribution < 1.29 is 47.3 Å². The summed E-state index contributed by atoms with van der Waals surface area (Å²) in [6.45, 7) is 6.96. The Balaban J connectivity index is 0.00000420. The number of carboxylic acids is 1. The third-order valence-electron chi connectivity index (χ3n) is 4.51. The van der Waals surface area contributed by atoms with Gasteiger partial charge in [-0.05, 0) is 60.7 Å². The largest absolute Gasteiger partial charge is 1.00 e. The van der Waals surface area contributed by atoms with E-state index in [9.17, 15) is 24.0 Å². The van der Waals surface area contributed by atoms with E-state index in [0.29, 0.717) is 5.56 Å². The average molecular weight is 414 g/mol. The second kappa shape index (κ2) is 10.6. The van der Waals surface area contributed by atoms with E-state index in [1.807, 2.05) is 26.0 Å². The Morgan fingerprint density at radius 1 is 1.21 bits per heavy atom. The summed E-state index contributed by atoms with van der Waals surface area (Å²) < 4.78 is 31.9. The van der Waals surface area contributed by atoms with Gasteiger partial charge in [0.2, 0.25) is 7.37 Å². The Bertz CT molecular complexity index is 932. The van der Waals surface area contributed by atoms with Gasteiger partial charge in [0.05, 0.1) is 18.9 Å². The Hall–Kier alpha value is -1.41. The van der Waals surface area contributed by atoms with Crippen LogP contribution < -0.4 is 24.0 Å². The molecule has 0 aliphatic rings. The first-order valence-electron chi connectivity index (χ1n) is 8.94. The molecule has 152 valence electrons. The topological polar surface area (TPSA) is 86.7 Å². The summed E-state index contributed by atoms with van der Waals surface area (Å²) in [5, 5.41) is 20.3. The molecule has 0 spiro atoms. The molecule has 1 N–H and O–H groups in total. The van der Waals surface area contributed by atoms with Crippen molar-refractivity contribution in [1.82, 2.24) is 0 Å². The Labute approximate surface area is 182 Å². The van der Waals surface area contributed by atoms with Crippen molar-refractivity contribution in [2.75, 3.05) is 12.8 Å². The van der Waals surface area contributed by atoms with Crippen molar-refractivity contribution in [3.8, 4) is 11.1 Å². The van der Waals surface area contributed by atoms with Gasteiger partial charge in [-0.15, -0.1) is 0 Å². The monoisotopic (exact) mass is 414 g/mol. The van der Waals surface area contributed by atoms with E-state index < -0.39 is 25.9 Å². The van der Waals surface area contributed by atoms with Crippen molar-refractivity contribution in [1.29, 1.82) is 0 Å². The molecule has 0 aliphatic heterocycles. The zero-order valence-corrected chi connectivity index (χ0v) is 18.4. The first-order chi connectivity index (χ1) is 13.0. The maximum Gasteiger partial charge on any atom is 1.00 e. The number of aliphatic hydroxyl groups excluding tert-OH is 1. The molecule has 0 aromatic heterocycles.